The Bertz CT molecular complexity index is 538. The van der Waals surface area contributed by atoms with Crippen molar-refractivity contribution in [3.63, 3.8) is 0 Å². The lowest BCUT2D eigenvalue weighted by atomic mass is 10.3. The predicted octanol–water partition coefficient (Wildman–Crippen LogP) is 1.52. The Kier molecular flexibility index (Phi) is 2.74. The third-order valence-electron chi connectivity index (χ3n) is 2.17. The molecule has 84 valence electrons. The van der Waals surface area contributed by atoms with Crippen LogP contribution in [0.15, 0.2) is 12.4 Å². The summed E-state index contributed by atoms with van der Waals surface area (Å²) in [5.41, 5.74) is 0. The Morgan fingerprint density at radius 3 is 3.00 bits per heavy atom. The summed E-state index contributed by atoms with van der Waals surface area (Å²) in [4.78, 5) is 22.6. The van der Waals surface area contributed by atoms with Crippen LogP contribution in [0, 0.1) is 6.92 Å². The standard InChI is InChI=1S/C10H11N3O2S/c1-6-3-7-9(13(2)4-8(14)15)11-5-12-10(7)16-6/h3,5H,4H2,1-2H3,(H,14,15). The van der Waals surface area contributed by atoms with E-state index in [2.05, 4.69) is 9.97 Å². The third-order valence-corrected chi connectivity index (χ3v) is 3.12. The summed E-state index contributed by atoms with van der Waals surface area (Å²) < 4.78 is 0. The van der Waals surface area contributed by atoms with Crippen LogP contribution in [0.25, 0.3) is 10.2 Å². The quantitative estimate of drug-likeness (QED) is 0.876. The molecular formula is C10H11N3O2S. The van der Waals surface area contributed by atoms with Crippen LogP contribution in [0.5, 0.6) is 0 Å². The maximum absolute atomic E-state index is 10.6. The van der Waals surface area contributed by atoms with Crippen molar-refractivity contribution in [1.82, 2.24) is 9.97 Å². The average Bonchev–Trinajstić information content (AvgIpc) is 2.55. The van der Waals surface area contributed by atoms with Crippen molar-refractivity contribution in [3.05, 3.63) is 17.3 Å². The molecule has 0 fully saturated rings. The number of aryl methyl sites for hydroxylation is 1. The summed E-state index contributed by atoms with van der Waals surface area (Å²) in [6, 6.07) is 1.98. The molecule has 2 heterocycles. The average molecular weight is 237 g/mol. The van der Waals surface area contributed by atoms with Crippen LogP contribution in [0.4, 0.5) is 5.82 Å². The Morgan fingerprint density at radius 1 is 1.56 bits per heavy atom. The van der Waals surface area contributed by atoms with E-state index in [1.807, 2.05) is 13.0 Å². The van der Waals surface area contributed by atoms with E-state index in [9.17, 15) is 4.79 Å². The lowest BCUT2D eigenvalue weighted by Gasteiger charge is -2.15. The van der Waals surface area contributed by atoms with Crippen LogP contribution in [-0.2, 0) is 4.79 Å². The van der Waals surface area contributed by atoms with Gasteiger partial charge < -0.3 is 10.0 Å². The Balaban J connectivity index is 2.47. The summed E-state index contributed by atoms with van der Waals surface area (Å²) in [5.74, 6) is -0.210. The van der Waals surface area contributed by atoms with Crippen LogP contribution in [0.3, 0.4) is 0 Å². The van der Waals surface area contributed by atoms with Crippen molar-refractivity contribution in [3.8, 4) is 0 Å². The van der Waals surface area contributed by atoms with Gasteiger partial charge >= 0.3 is 5.97 Å². The van der Waals surface area contributed by atoms with Crippen molar-refractivity contribution in [2.75, 3.05) is 18.5 Å². The van der Waals surface area contributed by atoms with Crippen LogP contribution < -0.4 is 4.90 Å². The van der Waals surface area contributed by atoms with E-state index in [0.29, 0.717) is 5.82 Å². The minimum atomic E-state index is -0.874. The number of aliphatic carboxylic acids is 1. The number of thiophene rings is 1. The van der Waals surface area contributed by atoms with E-state index >= 15 is 0 Å². The molecule has 0 saturated carbocycles. The maximum atomic E-state index is 10.6. The van der Waals surface area contributed by atoms with Crippen molar-refractivity contribution in [2.24, 2.45) is 0 Å². The first kappa shape index (κ1) is 10.8. The normalized spacial score (nSPS) is 10.6. The fourth-order valence-corrected chi connectivity index (χ4v) is 2.39. The maximum Gasteiger partial charge on any atom is 0.323 e. The lowest BCUT2D eigenvalue weighted by molar-refractivity contribution is -0.135. The Morgan fingerprint density at radius 2 is 2.31 bits per heavy atom. The molecule has 1 N–H and O–H groups in total. The van der Waals surface area contributed by atoms with Gasteiger partial charge in [-0.15, -0.1) is 11.3 Å². The second kappa shape index (κ2) is 4.05. The number of carboxylic acids is 1. The Hall–Kier alpha value is -1.69. The topological polar surface area (TPSA) is 66.3 Å². The second-order valence-corrected chi connectivity index (χ2v) is 4.76. The van der Waals surface area contributed by atoms with E-state index in [1.54, 1.807) is 23.3 Å². The largest absolute Gasteiger partial charge is 0.480 e. The summed E-state index contributed by atoms with van der Waals surface area (Å²) in [5, 5.41) is 9.65. The van der Waals surface area contributed by atoms with Gasteiger partial charge in [0.1, 0.15) is 23.5 Å². The zero-order chi connectivity index (χ0) is 11.7. The minimum absolute atomic E-state index is 0.0684. The van der Waals surface area contributed by atoms with E-state index < -0.39 is 5.97 Å². The highest BCUT2D eigenvalue weighted by Gasteiger charge is 2.12. The first-order valence-electron chi connectivity index (χ1n) is 4.72. The number of rotatable bonds is 3. The van der Waals surface area contributed by atoms with Gasteiger partial charge in [0.2, 0.25) is 0 Å². The number of carbonyl (C=O) groups is 1. The van der Waals surface area contributed by atoms with Crippen LogP contribution in [0.2, 0.25) is 0 Å². The molecule has 0 aliphatic rings. The minimum Gasteiger partial charge on any atom is -0.480 e. The molecule has 2 aromatic rings. The Labute approximate surface area is 96.4 Å². The molecule has 0 atom stereocenters. The molecule has 2 rings (SSSR count). The number of anilines is 1. The number of hydrogen-bond donors (Lipinski definition) is 1. The summed E-state index contributed by atoms with van der Waals surface area (Å²) in [6.07, 6.45) is 1.46. The summed E-state index contributed by atoms with van der Waals surface area (Å²) >= 11 is 1.58. The zero-order valence-electron chi connectivity index (χ0n) is 8.97. The molecule has 16 heavy (non-hydrogen) atoms. The molecule has 0 radical (unpaired) electrons. The van der Waals surface area contributed by atoms with Gasteiger partial charge in [0.15, 0.2) is 0 Å². The van der Waals surface area contributed by atoms with Crippen molar-refractivity contribution in [1.29, 1.82) is 0 Å². The molecule has 0 saturated heterocycles. The number of carboxylic acid groups (broad SMARTS) is 1. The molecule has 2 aromatic heterocycles. The van der Waals surface area contributed by atoms with Crippen molar-refractivity contribution >= 4 is 33.3 Å². The molecule has 0 amide bonds. The molecule has 0 aliphatic carbocycles. The smallest absolute Gasteiger partial charge is 0.323 e. The summed E-state index contributed by atoms with van der Waals surface area (Å²) in [6.45, 7) is 1.92. The van der Waals surface area contributed by atoms with Gasteiger partial charge in [-0.05, 0) is 13.0 Å². The van der Waals surface area contributed by atoms with Crippen LogP contribution in [0.1, 0.15) is 4.88 Å². The molecule has 0 bridgehead atoms. The number of hydrogen-bond acceptors (Lipinski definition) is 5. The molecule has 0 spiro atoms. The van der Waals surface area contributed by atoms with E-state index in [-0.39, 0.29) is 6.54 Å². The molecule has 0 aliphatic heterocycles. The van der Waals surface area contributed by atoms with Gasteiger partial charge in [-0.3, -0.25) is 4.79 Å². The molecule has 5 nitrogen and oxygen atoms in total. The monoisotopic (exact) mass is 237 g/mol. The van der Waals surface area contributed by atoms with E-state index in [0.717, 1.165) is 15.1 Å². The van der Waals surface area contributed by atoms with Gasteiger partial charge in [0.05, 0.1) is 5.39 Å². The van der Waals surface area contributed by atoms with Crippen molar-refractivity contribution < 1.29 is 9.90 Å². The summed E-state index contributed by atoms with van der Waals surface area (Å²) in [7, 11) is 1.71. The van der Waals surface area contributed by atoms with Gasteiger partial charge in [0.25, 0.3) is 0 Å². The van der Waals surface area contributed by atoms with E-state index in [4.69, 9.17) is 5.11 Å². The number of aromatic nitrogens is 2. The second-order valence-electron chi connectivity index (χ2n) is 3.52. The molecular weight excluding hydrogens is 226 g/mol. The highest BCUT2D eigenvalue weighted by atomic mass is 32.1. The van der Waals surface area contributed by atoms with Crippen LogP contribution >= 0.6 is 11.3 Å². The third kappa shape index (κ3) is 1.96. The van der Waals surface area contributed by atoms with Gasteiger partial charge in [-0.1, -0.05) is 0 Å². The molecule has 0 unspecified atom stereocenters. The number of nitrogens with zero attached hydrogens (tertiary/aromatic N) is 3. The highest BCUT2D eigenvalue weighted by Crippen LogP contribution is 2.28. The SMILES string of the molecule is Cc1cc2c(N(C)CC(=O)O)ncnc2s1. The first-order valence-corrected chi connectivity index (χ1v) is 5.53. The fraction of sp³-hybridized carbons (Fsp3) is 0.300. The lowest BCUT2D eigenvalue weighted by Crippen LogP contribution is -2.26. The van der Waals surface area contributed by atoms with Gasteiger partial charge in [-0.25, -0.2) is 9.97 Å². The number of likely N-dealkylation sites (N-methyl/N-ethyl adjacent to an activating group) is 1. The molecule has 0 aromatic carbocycles. The van der Waals surface area contributed by atoms with Crippen molar-refractivity contribution in [2.45, 2.75) is 6.92 Å². The zero-order valence-corrected chi connectivity index (χ0v) is 9.78. The first-order chi connectivity index (χ1) is 7.58. The number of fused-ring (bicyclic) bond motifs is 1. The predicted molar refractivity (Wildman–Crippen MR) is 63.1 cm³/mol. The van der Waals surface area contributed by atoms with Crippen LogP contribution in [-0.4, -0.2) is 34.6 Å². The highest BCUT2D eigenvalue weighted by molar-refractivity contribution is 7.18. The van der Waals surface area contributed by atoms with Gasteiger partial charge in [0, 0.05) is 11.9 Å². The van der Waals surface area contributed by atoms with E-state index in [1.165, 1.54) is 6.33 Å². The molecule has 6 heteroatoms. The fourth-order valence-electron chi connectivity index (χ4n) is 1.55. The van der Waals surface area contributed by atoms with Gasteiger partial charge in [-0.2, -0.15) is 0 Å².